The van der Waals surface area contributed by atoms with Crippen molar-refractivity contribution in [1.29, 1.82) is 5.26 Å². The van der Waals surface area contributed by atoms with Gasteiger partial charge in [-0.15, -0.1) is 0 Å². The third-order valence-corrected chi connectivity index (χ3v) is 5.17. The van der Waals surface area contributed by atoms with Gasteiger partial charge in [0.1, 0.15) is 6.07 Å². The Morgan fingerprint density at radius 3 is 2.44 bits per heavy atom. The zero-order valence-electron chi connectivity index (χ0n) is 15.1. The fourth-order valence-corrected chi connectivity index (χ4v) is 3.42. The zero-order chi connectivity index (χ0) is 19.4. The molecule has 0 saturated carbocycles. The Labute approximate surface area is 163 Å². The van der Waals surface area contributed by atoms with Crippen LogP contribution in [-0.2, 0) is 11.2 Å². The normalized spacial score (nSPS) is 14.0. The van der Waals surface area contributed by atoms with Crippen LogP contribution in [0.5, 0.6) is 0 Å². The minimum absolute atomic E-state index is 0.0331. The van der Waals surface area contributed by atoms with Crippen molar-refractivity contribution in [3.05, 3.63) is 64.2 Å². The Kier molecular flexibility index (Phi) is 5.78. The predicted octanol–water partition coefficient (Wildman–Crippen LogP) is 3.31. The van der Waals surface area contributed by atoms with Gasteiger partial charge in [0.05, 0.1) is 17.7 Å². The van der Waals surface area contributed by atoms with Gasteiger partial charge in [-0.1, -0.05) is 29.8 Å². The average Bonchev–Trinajstić information content (AvgIpc) is 2.69. The van der Waals surface area contributed by atoms with Crippen molar-refractivity contribution in [2.45, 2.75) is 13.3 Å². The van der Waals surface area contributed by atoms with Crippen LogP contribution in [0.4, 0.5) is 5.69 Å². The average molecular weight is 382 g/mol. The summed E-state index contributed by atoms with van der Waals surface area (Å²) in [5.41, 5.74) is 2.70. The molecule has 27 heavy (non-hydrogen) atoms. The minimum atomic E-state index is -0.0331. The van der Waals surface area contributed by atoms with Gasteiger partial charge in [0.15, 0.2) is 5.78 Å². The number of carbonyl (C=O) groups is 2. The Morgan fingerprint density at radius 2 is 1.81 bits per heavy atom. The van der Waals surface area contributed by atoms with E-state index < -0.39 is 0 Å². The molecule has 0 atom stereocenters. The second kappa shape index (κ2) is 8.24. The molecule has 138 valence electrons. The van der Waals surface area contributed by atoms with E-state index in [0.717, 1.165) is 11.3 Å². The van der Waals surface area contributed by atoms with E-state index in [4.69, 9.17) is 11.6 Å². The second-order valence-electron chi connectivity index (χ2n) is 6.54. The van der Waals surface area contributed by atoms with Crippen LogP contribution in [0, 0.1) is 11.3 Å². The van der Waals surface area contributed by atoms with Crippen molar-refractivity contribution < 1.29 is 9.59 Å². The van der Waals surface area contributed by atoms with Gasteiger partial charge in [0, 0.05) is 36.8 Å². The molecule has 1 aliphatic heterocycles. The lowest BCUT2D eigenvalue weighted by Crippen LogP contribution is -2.49. The largest absolute Gasteiger partial charge is 0.367 e. The fraction of sp³-hybridized carbons (Fsp3) is 0.286. The summed E-state index contributed by atoms with van der Waals surface area (Å²) < 4.78 is 0. The number of carbonyl (C=O) groups excluding carboxylic acids is 2. The zero-order valence-corrected chi connectivity index (χ0v) is 15.9. The van der Waals surface area contributed by atoms with Crippen LogP contribution in [-0.4, -0.2) is 42.8 Å². The summed E-state index contributed by atoms with van der Waals surface area (Å²) >= 11 is 6.15. The molecular formula is C21H20ClN3O2. The molecule has 5 nitrogen and oxygen atoms in total. The summed E-state index contributed by atoms with van der Waals surface area (Å²) in [5, 5.41) is 9.97. The molecule has 1 fully saturated rings. The van der Waals surface area contributed by atoms with Crippen LogP contribution >= 0.6 is 11.6 Å². The molecule has 1 aliphatic rings. The molecule has 2 aromatic rings. The van der Waals surface area contributed by atoms with Gasteiger partial charge in [0.2, 0.25) is 5.91 Å². The molecule has 0 radical (unpaired) electrons. The van der Waals surface area contributed by atoms with Gasteiger partial charge in [-0.05, 0) is 36.8 Å². The minimum Gasteiger partial charge on any atom is -0.367 e. The first-order chi connectivity index (χ1) is 13.0. The maximum absolute atomic E-state index is 12.6. The molecule has 0 aliphatic carbocycles. The number of ketones is 1. The van der Waals surface area contributed by atoms with Crippen molar-refractivity contribution in [3.8, 4) is 6.07 Å². The van der Waals surface area contributed by atoms with E-state index in [0.29, 0.717) is 42.3 Å². The number of rotatable bonds is 4. The lowest BCUT2D eigenvalue weighted by atomic mass is 10.1. The maximum atomic E-state index is 12.6. The van der Waals surface area contributed by atoms with E-state index >= 15 is 0 Å². The summed E-state index contributed by atoms with van der Waals surface area (Å²) in [6, 6.07) is 14.7. The highest BCUT2D eigenvalue weighted by Gasteiger charge is 2.23. The van der Waals surface area contributed by atoms with Gasteiger partial charge < -0.3 is 9.80 Å². The number of hydrogen-bond donors (Lipinski definition) is 0. The topological polar surface area (TPSA) is 64.4 Å². The highest BCUT2D eigenvalue weighted by Crippen LogP contribution is 2.24. The van der Waals surface area contributed by atoms with Gasteiger partial charge >= 0.3 is 0 Å². The SMILES string of the molecule is CC(=O)c1ccc(C#N)c(N2CCN(C(=O)Cc3ccccc3Cl)CC2)c1. The quantitative estimate of drug-likeness (QED) is 0.762. The van der Waals surface area contributed by atoms with E-state index in [-0.39, 0.29) is 18.1 Å². The van der Waals surface area contributed by atoms with Crippen molar-refractivity contribution in [3.63, 3.8) is 0 Å². The third-order valence-electron chi connectivity index (χ3n) is 4.80. The molecule has 3 rings (SSSR count). The monoisotopic (exact) mass is 381 g/mol. The van der Waals surface area contributed by atoms with Gasteiger partial charge in [0.25, 0.3) is 0 Å². The van der Waals surface area contributed by atoms with Crippen LogP contribution in [0.15, 0.2) is 42.5 Å². The first-order valence-corrected chi connectivity index (χ1v) is 9.18. The molecule has 2 aromatic carbocycles. The van der Waals surface area contributed by atoms with Crippen molar-refractivity contribution >= 4 is 29.0 Å². The molecule has 1 amide bonds. The number of Topliss-reactive ketones (excluding diaryl/α,β-unsaturated/α-hetero) is 1. The lowest BCUT2D eigenvalue weighted by Gasteiger charge is -2.36. The summed E-state index contributed by atoms with van der Waals surface area (Å²) in [6.07, 6.45) is 0.281. The number of halogens is 1. The Hall–Kier alpha value is -2.84. The Bertz CT molecular complexity index is 912. The molecule has 0 aromatic heterocycles. The maximum Gasteiger partial charge on any atom is 0.227 e. The number of benzene rings is 2. The number of hydrogen-bond acceptors (Lipinski definition) is 4. The highest BCUT2D eigenvalue weighted by atomic mass is 35.5. The molecule has 1 heterocycles. The van der Waals surface area contributed by atoms with Crippen LogP contribution in [0.25, 0.3) is 0 Å². The van der Waals surface area contributed by atoms with E-state index in [9.17, 15) is 14.9 Å². The first kappa shape index (κ1) is 18.9. The number of nitrogens with zero attached hydrogens (tertiary/aromatic N) is 3. The molecule has 0 unspecified atom stereocenters. The van der Waals surface area contributed by atoms with E-state index in [2.05, 4.69) is 11.0 Å². The number of nitriles is 1. The van der Waals surface area contributed by atoms with Gasteiger partial charge in [-0.25, -0.2) is 0 Å². The van der Waals surface area contributed by atoms with Crippen LogP contribution in [0.2, 0.25) is 5.02 Å². The molecule has 6 heteroatoms. The standard InChI is InChI=1S/C21H20ClN3O2/c1-15(26)16-6-7-18(14-23)20(12-16)24-8-10-25(11-9-24)21(27)13-17-4-2-3-5-19(17)22/h2-7,12H,8-11,13H2,1H3. The summed E-state index contributed by atoms with van der Waals surface area (Å²) in [4.78, 5) is 28.1. The van der Waals surface area contributed by atoms with E-state index in [1.54, 1.807) is 24.3 Å². The molecular weight excluding hydrogens is 362 g/mol. The summed E-state index contributed by atoms with van der Waals surface area (Å²) in [5.74, 6) is 0.00929. The highest BCUT2D eigenvalue weighted by molar-refractivity contribution is 6.31. The molecule has 0 N–H and O–H groups in total. The fourth-order valence-electron chi connectivity index (χ4n) is 3.22. The van der Waals surface area contributed by atoms with Crippen LogP contribution in [0.3, 0.4) is 0 Å². The first-order valence-electron chi connectivity index (χ1n) is 8.81. The van der Waals surface area contributed by atoms with Gasteiger partial charge in [-0.2, -0.15) is 5.26 Å². The summed E-state index contributed by atoms with van der Waals surface area (Å²) in [7, 11) is 0. The van der Waals surface area contributed by atoms with Crippen molar-refractivity contribution in [2.75, 3.05) is 31.1 Å². The smallest absolute Gasteiger partial charge is 0.227 e. The predicted molar refractivity (Wildman–Crippen MR) is 105 cm³/mol. The summed E-state index contributed by atoms with van der Waals surface area (Å²) in [6.45, 7) is 3.88. The van der Waals surface area contributed by atoms with Gasteiger partial charge in [-0.3, -0.25) is 9.59 Å². The van der Waals surface area contributed by atoms with Crippen LogP contribution in [0.1, 0.15) is 28.4 Å². The molecule has 0 bridgehead atoms. The van der Waals surface area contributed by atoms with E-state index in [1.165, 1.54) is 6.92 Å². The second-order valence-corrected chi connectivity index (χ2v) is 6.94. The van der Waals surface area contributed by atoms with Crippen molar-refractivity contribution in [1.82, 2.24) is 4.90 Å². The van der Waals surface area contributed by atoms with Crippen molar-refractivity contribution in [2.24, 2.45) is 0 Å². The number of amides is 1. The van der Waals surface area contributed by atoms with E-state index in [1.807, 2.05) is 23.1 Å². The number of piperazine rings is 1. The third kappa shape index (κ3) is 4.29. The molecule has 0 spiro atoms. The van der Waals surface area contributed by atoms with Crippen LogP contribution < -0.4 is 4.90 Å². The lowest BCUT2D eigenvalue weighted by molar-refractivity contribution is -0.130. The molecule has 1 saturated heterocycles. The Balaban J connectivity index is 1.68. The Morgan fingerprint density at radius 1 is 1.11 bits per heavy atom. The number of anilines is 1.